The first-order chi connectivity index (χ1) is 17.9. The van der Waals surface area contributed by atoms with E-state index >= 15 is 0 Å². The van der Waals surface area contributed by atoms with Crippen molar-refractivity contribution in [1.29, 1.82) is 5.26 Å². The Kier molecular flexibility index (Phi) is 7.54. The van der Waals surface area contributed by atoms with E-state index in [2.05, 4.69) is 13.0 Å². The Balaban J connectivity index is 1.60. The number of rotatable bonds is 8. The number of para-hydroxylation sites is 1. The van der Waals surface area contributed by atoms with Crippen molar-refractivity contribution in [2.45, 2.75) is 32.3 Å². The summed E-state index contributed by atoms with van der Waals surface area (Å²) in [5, 5.41) is 9.87. The first-order valence-corrected chi connectivity index (χ1v) is 11.8. The molecule has 1 aliphatic heterocycles. The topological polar surface area (TPSA) is 113 Å². The van der Waals surface area contributed by atoms with E-state index in [0.717, 1.165) is 6.42 Å². The number of ether oxygens (including phenoxy) is 5. The molecule has 1 heterocycles. The van der Waals surface area contributed by atoms with Gasteiger partial charge >= 0.3 is 5.97 Å². The Morgan fingerprint density at radius 1 is 1.05 bits per heavy atom. The summed E-state index contributed by atoms with van der Waals surface area (Å²) in [7, 11) is 3.07. The summed E-state index contributed by atoms with van der Waals surface area (Å²) in [5.74, 6) is 1.02. The maximum Gasteiger partial charge on any atom is 0.352 e. The number of fused-ring (bicyclic) bond motifs is 1. The van der Waals surface area contributed by atoms with Crippen LogP contribution in [0.25, 0.3) is 0 Å². The molecule has 2 atom stereocenters. The van der Waals surface area contributed by atoms with Crippen LogP contribution in [0.2, 0.25) is 0 Å². The van der Waals surface area contributed by atoms with Crippen molar-refractivity contribution in [2.24, 2.45) is 5.73 Å². The Bertz CT molecular complexity index is 1370. The zero-order valence-corrected chi connectivity index (χ0v) is 21.1. The number of nitrogens with zero attached hydrogens (tertiary/aromatic N) is 1. The molecule has 0 bridgehead atoms. The van der Waals surface area contributed by atoms with Crippen molar-refractivity contribution in [3.8, 4) is 34.8 Å². The normalized spacial score (nSPS) is 15.1. The Morgan fingerprint density at radius 2 is 1.78 bits per heavy atom. The molecule has 2 N–H and O–H groups in total. The largest absolute Gasteiger partial charge is 0.493 e. The average molecular weight is 501 g/mol. The van der Waals surface area contributed by atoms with E-state index in [9.17, 15) is 10.1 Å². The first kappa shape index (κ1) is 25.5. The predicted octanol–water partition coefficient (Wildman–Crippen LogP) is 4.86. The number of allylic oxidation sites excluding steroid dienone is 1. The number of carbonyl (C=O) groups excluding carboxylic acids is 1. The molecule has 0 saturated carbocycles. The number of esters is 1. The van der Waals surface area contributed by atoms with Gasteiger partial charge in [-0.15, -0.1) is 0 Å². The van der Waals surface area contributed by atoms with E-state index in [0.29, 0.717) is 34.1 Å². The molecular weight excluding hydrogens is 472 g/mol. The zero-order chi connectivity index (χ0) is 26.5. The molecule has 0 amide bonds. The molecule has 37 heavy (non-hydrogen) atoms. The highest BCUT2D eigenvalue weighted by atomic mass is 16.6. The first-order valence-electron chi connectivity index (χ1n) is 11.8. The van der Waals surface area contributed by atoms with Crippen molar-refractivity contribution in [1.82, 2.24) is 0 Å². The molecule has 4 rings (SSSR count). The van der Waals surface area contributed by atoms with Crippen molar-refractivity contribution in [3.05, 3.63) is 88.8 Å². The van der Waals surface area contributed by atoms with Crippen LogP contribution in [0, 0.1) is 11.3 Å². The summed E-state index contributed by atoms with van der Waals surface area (Å²) in [5.41, 5.74) is 8.90. The Hall–Kier alpha value is -4.64. The van der Waals surface area contributed by atoms with Gasteiger partial charge in [0, 0.05) is 17.2 Å². The monoisotopic (exact) mass is 500 g/mol. The standard InChI is InChI=1S/C29H28N2O6/c1-5-18-9-11-19(12-10-18)35-17(2)29(32)36-20-13-14-21-25(15-20)37-28(31)23(16-30)26(21)22-7-6-8-24(33-3)27(22)34-4/h6-15,17,26H,5,31H2,1-4H3. The summed E-state index contributed by atoms with van der Waals surface area (Å²) >= 11 is 0. The van der Waals surface area contributed by atoms with Crippen LogP contribution in [0.3, 0.4) is 0 Å². The highest BCUT2D eigenvalue weighted by molar-refractivity contribution is 5.77. The SMILES string of the molecule is CCc1ccc(OC(C)C(=O)Oc2ccc3c(c2)OC(N)=C(C#N)C3c2cccc(OC)c2OC)cc1. The number of carbonyl (C=O) groups is 1. The molecule has 0 spiro atoms. The fraction of sp³-hybridized carbons (Fsp3) is 0.241. The lowest BCUT2D eigenvalue weighted by Gasteiger charge is -2.28. The van der Waals surface area contributed by atoms with Crippen LogP contribution in [0.15, 0.2) is 72.1 Å². The van der Waals surface area contributed by atoms with Gasteiger partial charge in [-0.25, -0.2) is 4.79 Å². The molecule has 190 valence electrons. The molecular formula is C29H28N2O6. The van der Waals surface area contributed by atoms with E-state index in [4.69, 9.17) is 29.4 Å². The second-order valence-electron chi connectivity index (χ2n) is 8.39. The lowest BCUT2D eigenvalue weighted by Crippen LogP contribution is -2.28. The van der Waals surface area contributed by atoms with Crippen LogP contribution < -0.4 is 29.4 Å². The van der Waals surface area contributed by atoms with Crippen LogP contribution >= 0.6 is 0 Å². The van der Waals surface area contributed by atoms with Gasteiger partial charge in [0.2, 0.25) is 5.88 Å². The van der Waals surface area contributed by atoms with Gasteiger partial charge < -0.3 is 29.4 Å². The van der Waals surface area contributed by atoms with Gasteiger partial charge in [0.15, 0.2) is 17.6 Å². The minimum absolute atomic E-state index is 0.0411. The molecule has 0 fully saturated rings. The third kappa shape index (κ3) is 5.16. The van der Waals surface area contributed by atoms with Crippen LogP contribution in [-0.4, -0.2) is 26.3 Å². The summed E-state index contributed by atoms with van der Waals surface area (Å²) in [6.07, 6.45) is 0.0765. The van der Waals surface area contributed by atoms with Gasteiger partial charge in [0.05, 0.1) is 20.1 Å². The minimum atomic E-state index is -0.839. The molecule has 0 aromatic heterocycles. The highest BCUT2D eigenvalue weighted by Gasteiger charge is 2.34. The van der Waals surface area contributed by atoms with E-state index in [1.54, 1.807) is 38.3 Å². The molecule has 2 unspecified atom stereocenters. The lowest BCUT2D eigenvalue weighted by molar-refractivity contribution is -0.141. The number of hydrogen-bond donors (Lipinski definition) is 1. The summed E-state index contributed by atoms with van der Waals surface area (Å²) < 4.78 is 28.1. The number of methoxy groups -OCH3 is 2. The number of aryl methyl sites for hydroxylation is 1. The number of nitriles is 1. The number of nitrogens with two attached hydrogens (primary N) is 1. The Labute approximate surface area is 215 Å². The molecule has 0 saturated heterocycles. The second-order valence-corrected chi connectivity index (χ2v) is 8.39. The van der Waals surface area contributed by atoms with Crippen LogP contribution in [0.4, 0.5) is 0 Å². The molecule has 3 aromatic carbocycles. The third-order valence-corrected chi connectivity index (χ3v) is 6.13. The maximum atomic E-state index is 12.7. The lowest BCUT2D eigenvalue weighted by atomic mass is 9.83. The molecule has 8 nitrogen and oxygen atoms in total. The predicted molar refractivity (Wildman–Crippen MR) is 137 cm³/mol. The fourth-order valence-corrected chi connectivity index (χ4v) is 4.21. The van der Waals surface area contributed by atoms with Crippen molar-refractivity contribution < 1.29 is 28.5 Å². The van der Waals surface area contributed by atoms with Crippen LogP contribution in [0.5, 0.6) is 28.7 Å². The van der Waals surface area contributed by atoms with Crippen molar-refractivity contribution in [2.75, 3.05) is 14.2 Å². The highest BCUT2D eigenvalue weighted by Crippen LogP contribution is 2.47. The second kappa shape index (κ2) is 11.0. The third-order valence-electron chi connectivity index (χ3n) is 6.13. The van der Waals surface area contributed by atoms with Crippen molar-refractivity contribution in [3.63, 3.8) is 0 Å². The summed E-state index contributed by atoms with van der Waals surface area (Å²) in [6.45, 7) is 3.69. The summed E-state index contributed by atoms with van der Waals surface area (Å²) in [6, 6.07) is 20.1. The van der Waals surface area contributed by atoms with Crippen LogP contribution in [0.1, 0.15) is 36.5 Å². The molecule has 1 aliphatic rings. The average Bonchev–Trinajstić information content (AvgIpc) is 2.92. The van der Waals surface area contributed by atoms with Gasteiger partial charge in [0.1, 0.15) is 28.9 Å². The van der Waals surface area contributed by atoms with Gasteiger partial charge in [-0.1, -0.05) is 37.3 Å². The smallest absolute Gasteiger partial charge is 0.352 e. The van der Waals surface area contributed by atoms with Gasteiger partial charge in [-0.2, -0.15) is 5.26 Å². The van der Waals surface area contributed by atoms with Crippen molar-refractivity contribution >= 4 is 5.97 Å². The maximum absolute atomic E-state index is 12.7. The molecule has 8 heteroatoms. The summed E-state index contributed by atoms with van der Waals surface area (Å²) in [4.78, 5) is 12.7. The minimum Gasteiger partial charge on any atom is -0.493 e. The molecule has 0 radical (unpaired) electrons. The fourth-order valence-electron chi connectivity index (χ4n) is 4.21. The van der Waals surface area contributed by atoms with Gasteiger partial charge in [-0.3, -0.25) is 0 Å². The zero-order valence-electron chi connectivity index (χ0n) is 21.1. The van der Waals surface area contributed by atoms with Gasteiger partial charge in [-0.05, 0) is 43.2 Å². The Morgan fingerprint density at radius 3 is 2.43 bits per heavy atom. The molecule has 3 aromatic rings. The van der Waals surface area contributed by atoms with Gasteiger partial charge in [0.25, 0.3) is 0 Å². The quantitative estimate of drug-likeness (QED) is 0.345. The van der Waals surface area contributed by atoms with E-state index < -0.39 is 18.0 Å². The number of hydrogen-bond acceptors (Lipinski definition) is 8. The van der Waals surface area contributed by atoms with Crippen LogP contribution in [-0.2, 0) is 11.2 Å². The van der Waals surface area contributed by atoms with E-state index in [1.165, 1.54) is 12.7 Å². The molecule has 0 aliphatic carbocycles. The number of benzene rings is 3. The van der Waals surface area contributed by atoms with E-state index in [1.807, 2.05) is 36.4 Å². The van der Waals surface area contributed by atoms with E-state index in [-0.39, 0.29) is 17.2 Å².